The molecule has 3 aromatic rings. The normalized spacial score (nSPS) is 13.7. The quantitative estimate of drug-likeness (QED) is 0.0853. The molecule has 9 heteroatoms. The monoisotopic (exact) mass is 717 g/mol. The van der Waals surface area contributed by atoms with Crippen LogP contribution in [0.5, 0.6) is 0 Å². The predicted octanol–water partition coefficient (Wildman–Crippen LogP) is 11.0. The summed E-state index contributed by atoms with van der Waals surface area (Å²) in [7, 11) is 0. The molecule has 0 spiro atoms. The second-order valence-corrected chi connectivity index (χ2v) is 13.3. The second kappa shape index (κ2) is 17.3. The lowest BCUT2D eigenvalue weighted by atomic mass is 9.93. The van der Waals surface area contributed by atoms with Gasteiger partial charge in [0.25, 0.3) is 11.8 Å². The number of hydrogen-bond acceptors (Lipinski definition) is 6. The van der Waals surface area contributed by atoms with E-state index in [1.807, 2.05) is 0 Å². The fourth-order valence-electron chi connectivity index (χ4n) is 5.97. The minimum Gasteiger partial charge on any atom is -0.448 e. The van der Waals surface area contributed by atoms with Gasteiger partial charge in [-0.15, -0.1) is 10.2 Å². The SMILES string of the molecule is CCCCCCCCCCC(CCCCCCCC)CN1C(=O)c2c(-c3ccc(Br)o3)nnc(-c3ccc(Br)o3)c2C1=O. The maximum atomic E-state index is 14.0. The molecule has 1 atom stereocenters. The molecule has 2 amide bonds. The Bertz CT molecular complexity index is 1260. The summed E-state index contributed by atoms with van der Waals surface area (Å²) in [6, 6.07) is 6.92. The summed E-state index contributed by atoms with van der Waals surface area (Å²) in [6.07, 6.45) is 19.5. The number of imide groups is 1. The zero-order valence-corrected chi connectivity index (χ0v) is 28.8. The van der Waals surface area contributed by atoms with Crippen molar-refractivity contribution in [1.82, 2.24) is 15.1 Å². The Morgan fingerprint density at radius 1 is 0.628 bits per heavy atom. The molecule has 0 aliphatic carbocycles. The smallest absolute Gasteiger partial charge is 0.264 e. The minimum atomic E-state index is -0.340. The van der Waals surface area contributed by atoms with Crippen LogP contribution in [-0.4, -0.2) is 33.5 Å². The molecule has 4 rings (SSSR count). The minimum absolute atomic E-state index is 0.231. The highest BCUT2D eigenvalue weighted by atomic mass is 79.9. The van der Waals surface area contributed by atoms with Crippen molar-refractivity contribution in [2.24, 2.45) is 5.92 Å². The van der Waals surface area contributed by atoms with Crippen molar-refractivity contribution < 1.29 is 18.4 Å². The molecule has 0 N–H and O–H groups in total. The van der Waals surface area contributed by atoms with Crippen LogP contribution in [0.1, 0.15) is 137 Å². The van der Waals surface area contributed by atoms with Gasteiger partial charge in [-0.05, 0) is 74.9 Å². The Kier molecular flexibility index (Phi) is 13.5. The summed E-state index contributed by atoms with van der Waals surface area (Å²) in [5.74, 6) is 0.347. The molecule has 3 aromatic heterocycles. The van der Waals surface area contributed by atoms with Crippen molar-refractivity contribution in [2.75, 3.05) is 6.54 Å². The first kappa shape index (κ1) is 33.6. The Hall–Kier alpha value is -2.26. The number of rotatable bonds is 20. The van der Waals surface area contributed by atoms with Gasteiger partial charge in [0.15, 0.2) is 20.9 Å². The van der Waals surface area contributed by atoms with E-state index in [0.29, 0.717) is 27.4 Å². The van der Waals surface area contributed by atoms with Crippen molar-refractivity contribution in [3.8, 4) is 22.9 Å². The Labute approximate surface area is 272 Å². The third-order valence-corrected chi connectivity index (χ3v) is 9.23. The number of fused-ring (bicyclic) bond motifs is 1. The molecule has 0 saturated carbocycles. The van der Waals surface area contributed by atoms with E-state index in [4.69, 9.17) is 8.83 Å². The molecule has 7 nitrogen and oxygen atoms in total. The molecular formula is C34H45Br2N3O4. The molecule has 1 aliphatic heterocycles. The number of nitrogens with zero attached hydrogens (tertiary/aromatic N) is 3. The van der Waals surface area contributed by atoms with Gasteiger partial charge >= 0.3 is 0 Å². The van der Waals surface area contributed by atoms with E-state index in [1.165, 1.54) is 81.9 Å². The molecule has 1 aliphatic rings. The standard InChI is InChI=1S/C34H45Br2N3O4/c1-3-5-7-9-11-12-14-16-18-24(17-15-13-10-8-6-4-2)23-39-33(40)29-30(34(39)41)32(26-20-22-28(36)43-26)38-37-31(29)25-19-21-27(35)42-25/h19-22,24H,3-18,23H2,1-2H3. The average molecular weight is 720 g/mol. The van der Waals surface area contributed by atoms with Gasteiger partial charge in [0.1, 0.15) is 11.4 Å². The number of carbonyl (C=O) groups excluding carboxylic acids is 2. The summed E-state index contributed by atoms with van der Waals surface area (Å²) in [6.45, 7) is 4.89. The first-order valence-electron chi connectivity index (χ1n) is 16.2. The third-order valence-electron chi connectivity index (χ3n) is 8.38. The molecule has 234 valence electrons. The highest BCUT2D eigenvalue weighted by Crippen LogP contribution is 2.39. The second-order valence-electron chi connectivity index (χ2n) is 11.8. The van der Waals surface area contributed by atoms with Crippen LogP contribution in [-0.2, 0) is 0 Å². The summed E-state index contributed by atoms with van der Waals surface area (Å²) >= 11 is 6.66. The number of aromatic nitrogens is 2. The molecular weight excluding hydrogens is 674 g/mol. The lowest BCUT2D eigenvalue weighted by Gasteiger charge is -2.23. The van der Waals surface area contributed by atoms with E-state index >= 15 is 0 Å². The highest BCUT2D eigenvalue weighted by molar-refractivity contribution is 9.10. The van der Waals surface area contributed by atoms with E-state index in [0.717, 1.165) is 25.7 Å². The van der Waals surface area contributed by atoms with E-state index < -0.39 is 0 Å². The van der Waals surface area contributed by atoms with Gasteiger partial charge in [0.2, 0.25) is 0 Å². The van der Waals surface area contributed by atoms with Gasteiger partial charge in [-0.1, -0.05) is 104 Å². The lowest BCUT2D eigenvalue weighted by Crippen LogP contribution is -2.35. The van der Waals surface area contributed by atoms with Crippen LogP contribution in [0, 0.1) is 5.92 Å². The van der Waals surface area contributed by atoms with Gasteiger partial charge in [0.05, 0.1) is 11.1 Å². The molecule has 4 heterocycles. The molecule has 1 unspecified atom stereocenters. The molecule has 0 radical (unpaired) electrons. The van der Waals surface area contributed by atoms with Crippen molar-refractivity contribution in [1.29, 1.82) is 0 Å². The zero-order chi connectivity index (χ0) is 30.6. The highest BCUT2D eigenvalue weighted by Gasteiger charge is 2.43. The van der Waals surface area contributed by atoms with Crippen molar-refractivity contribution in [3.63, 3.8) is 0 Å². The summed E-state index contributed by atoms with van der Waals surface area (Å²) in [5.41, 5.74) is 1.00. The van der Waals surface area contributed by atoms with Gasteiger partial charge in [-0.2, -0.15) is 0 Å². The lowest BCUT2D eigenvalue weighted by molar-refractivity contribution is 0.0622. The van der Waals surface area contributed by atoms with E-state index in [1.54, 1.807) is 24.3 Å². The van der Waals surface area contributed by atoms with Gasteiger partial charge < -0.3 is 8.83 Å². The van der Waals surface area contributed by atoms with Crippen LogP contribution in [0.4, 0.5) is 0 Å². The Balaban J connectivity index is 1.51. The molecule has 43 heavy (non-hydrogen) atoms. The van der Waals surface area contributed by atoms with Crippen LogP contribution < -0.4 is 0 Å². The van der Waals surface area contributed by atoms with Crippen LogP contribution in [0.3, 0.4) is 0 Å². The number of hydrogen-bond donors (Lipinski definition) is 0. The van der Waals surface area contributed by atoms with E-state index in [-0.39, 0.29) is 40.2 Å². The average Bonchev–Trinajstić information content (AvgIpc) is 3.70. The fourth-order valence-corrected chi connectivity index (χ4v) is 6.59. The Morgan fingerprint density at radius 2 is 1.02 bits per heavy atom. The molecule has 0 aromatic carbocycles. The predicted molar refractivity (Wildman–Crippen MR) is 177 cm³/mol. The van der Waals surface area contributed by atoms with Gasteiger partial charge in [0, 0.05) is 6.54 Å². The molecule has 0 saturated heterocycles. The number of halogens is 2. The van der Waals surface area contributed by atoms with Gasteiger partial charge in [-0.3, -0.25) is 14.5 Å². The number of amides is 2. The zero-order valence-electron chi connectivity index (χ0n) is 25.6. The van der Waals surface area contributed by atoms with Crippen LogP contribution in [0.25, 0.3) is 22.9 Å². The van der Waals surface area contributed by atoms with E-state index in [9.17, 15) is 9.59 Å². The third kappa shape index (κ3) is 9.13. The first-order valence-corrected chi connectivity index (χ1v) is 17.8. The number of carbonyl (C=O) groups is 2. The van der Waals surface area contributed by atoms with Crippen molar-refractivity contribution in [3.05, 3.63) is 44.7 Å². The fraction of sp³-hybridized carbons (Fsp3) is 0.588. The molecule has 0 bridgehead atoms. The molecule has 0 fully saturated rings. The van der Waals surface area contributed by atoms with Gasteiger partial charge in [-0.25, -0.2) is 0 Å². The number of unbranched alkanes of at least 4 members (excludes halogenated alkanes) is 12. The Morgan fingerprint density at radius 3 is 1.40 bits per heavy atom. The summed E-state index contributed by atoms with van der Waals surface area (Å²) in [5, 5.41) is 8.72. The van der Waals surface area contributed by atoms with Crippen LogP contribution in [0.15, 0.2) is 42.4 Å². The van der Waals surface area contributed by atoms with Crippen LogP contribution in [0.2, 0.25) is 0 Å². The van der Waals surface area contributed by atoms with Crippen LogP contribution >= 0.6 is 31.9 Å². The largest absolute Gasteiger partial charge is 0.448 e. The summed E-state index contributed by atoms with van der Waals surface area (Å²) in [4.78, 5) is 29.5. The maximum absolute atomic E-state index is 14.0. The maximum Gasteiger partial charge on any atom is 0.264 e. The van der Waals surface area contributed by atoms with Crippen molar-refractivity contribution >= 4 is 43.7 Å². The number of furan rings is 2. The summed E-state index contributed by atoms with van der Waals surface area (Å²) < 4.78 is 12.5. The first-order chi connectivity index (χ1) is 20.9. The topological polar surface area (TPSA) is 89.4 Å². The van der Waals surface area contributed by atoms with Crippen molar-refractivity contribution in [2.45, 2.75) is 117 Å². The van der Waals surface area contributed by atoms with E-state index in [2.05, 4.69) is 55.9 Å².